The number of alkyl halides is 7. The van der Waals surface area contributed by atoms with Crippen molar-refractivity contribution in [1.29, 1.82) is 0 Å². The van der Waals surface area contributed by atoms with Crippen molar-refractivity contribution in [2.75, 3.05) is 0 Å². The van der Waals surface area contributed by atoms with Crippen LogP contribution in [0.1, 0.15) is 17.3 Å². The van der Waals surface area contributed by atoms with Crippen molar-refractivity contribution in [2.45, 2.75) is 24.9 Å². The minimum atomic E-state index is -6.64. The van der Waals surface area contributed by atoms with Crippen LogP contribution >= 0.6 is 0 Å². The number of benzene rings is 1. The molecule has 0 aliphatic rings. The summed E-state index contributed by atoms with van der Waals surface area (Å²) in [5.74, 6) is -16.9. The number of halogens is 7. The summed E-state index contributed by atoms with van der Waals surface area (Å²) in [6.07, 6.45) is -6.86. The zero-order valence-electron chi connectivity index (χ0n) is 12.8. The van der Waals surface area contributed by atoms with E-state index >= 15 is 0 Å². The average Bonchev–Trinajstić information content (AvgIpc) is 2.51. The number of phenols is 1. The summed E-state index contributed by atoms with van der Waals surface area (Å²) in [5.41, 5.74) is 2.80. The van der Waals surface area contributed by atoms with Crippen LogP contribution in [0.5, 0.6) is 5.75 Å². The lowest BCUT2D eigenvalue weighted by molar-refractivity contribution is -0.342. The van der Waals surface area contributed by atoms with E-state index in [9.17, 15) is 45.4 Å². The largest absolute Gasteiger partial charge is 0.507 e. The number of aromatic hydroxyl groups is 1. The van der Waals surface area contributed by atoms with Crippen molar-refractivity contribution in [3.8, 4) is 5.75 Å². The van der Waals surface area contributed by atoms with E-state index < -0.39 is 41.2 Å². The lowest BCUT2D eigenvalue weighted by atomic mass is 10.1. The number of carbonyl (C=O) groups excluding carboxylic acids is 2. The smallest absolute Gasteiger partial charge is 0.460 e. The lowest BCUT2D eigenvalue weighted by Crippen LogP contribution is -2.55. The van der Waals surface area contributed by atoms with E-state index in [2.05, 4.69) is 0 Å². The second kappa shape index (κ2) is 7.22. The van der Waals surface area contributed by atoms with Gasteiger partial charge in [-0.05, 0) is 19.1 Å². The van der Waals surface area contributed by atoms with Gasteiger partial charge in [-0.3, -0.25) is 15.0 Å². The van der Waals surface area contributed by atoms with Gasteiger partial charge in [0.1, 0.15) is 5.75 Å². The molecule has 0 saturated carbocycles. The van der Waals surface area contributed by atoms with Crippen molar-refractivity contribution in [2.24, 2.45) is 0 Å². The maximum Gasteiger partial charge on any atom is 0.460 e. The third-order valence-corrected chi connectivity index (χ3v) is 2.93. The van der Waals surface area contributed by atoms with Gasteiger partial charge in [0.25, 0.3) is 5.91 Å². The van der Waals surface area contributed by atoms with Crippen LogP contribution in [0.2, 0.25) is 0 Å². The van der Waals surface area contributed by atoms with Gasteiger partial charge in [-0.2, -0.15) is 30.7 Å². The lowest BCUT2D eigenvalue weighted by Gasteiger charge is -2.26. The molecule has 0 atom stereocenters. The number of hydrazine groups is 1. The van der Waals surface area contributed by atoms with Crippen LogP contribution in [0.3, 0.4) is 0 Å². The van der Waals surface area contributed by atoms with E-state index in [1.54, 1.807) is 0 Å². The molecule has 5 nitrogen and oxygen atoms in total. The minimum absolute atomic E-state index is 0.217. The Hall–Kier alpha value is -2.79. The zero-order valence-corrected chi connectivity index (χ0v) is 12.8. The number of hydrogen-bond donors (Lipinski definition) is 3. The molecule has 144 valence electrons. The van der Waals surface area contributed by atoms with E-state index in [0.29, 0.717) is 0 Å². The molecule has 0 bridgehead atoms. The summed E-state index contributed by atoms with van der Waals surface area (Å²) < 4.78 is 87.8. The number of carbonyl (C=O) groups is 2. The molecule has 0 saturated heterocycles. The summed E-state index contributed by atoms with van der Waals surface area (Å²) >= 11 is 0. The van der Waals surface area contributed by atoms with E-state index in [-0.39, 0.29) is 11.6 Å². The zero-order chi connectivity index (χ0) is 20.3. The summed E-state index contributed by atoms with van der Waals surface area (Å²) in [7, 11) is 0. The van der Waals surface area contributed by atoms with Crippen molar-refractivity contribution in [1.82, 2.24) is 10.9 Å². The number of phenolic OH excluding ortho intramolecular Hbond substituents is 1. The molecule has 1 amide bonds. The maximum absolute atomic E-state index is 13.2. The molecule has 0 aliphatic heterocycles. The molecule has 0 aliphatic carbocycles. The fourth-order valence-electron chi connectivity index (χ4n) is 1.54. The van der Waals surface area contributed by atoms with Gasteiger partial charge in [0, 0.05) is 11.8 Å². The van der Waals surface area contributed by atoms with Gasteiger partial charge >= 0.3 is 18.0 Å². The molecule has 0 unspecified atom stereocenters. The first-order valence-corrected chi connectivity index (χ1v) is 6.61. The predicted molar refractivity (Wildman–Crippen MR) is 73.4 cm³/mol. The molecule has 0 heterocycles. The first-order valence-electron chi connectivity index (χ1n) is 6.61. The Bertz CT molecular complexity index is 729. The minimum Gasteiger partial charge on any atom is -0.507 e. The SMILES string of the molecule is C/C(=C\C(=O)C(F)(F)C(F)(F)C(F)(F)F)NNC(=O)c1ccccc1O. The topological polar surface area (TPSA) is 78.4 Å². The molecular weight excluding hydrogens is 377 g/mol. The Morgan fingerprint density at radius 2 is 1.54 bits per heavy atom. The summed E-state index contributed by atoms with van der Waals surface area (Å²) in [4.78, 5) is 22.8. The fourth-order valence-corrected chi connectivity index (χ4v) is 1.54. The van der Waals surface area contributed by atoms with Gasteiger partial charge in [-0.15, -0.1) is 0 Å². The van der Waals surface area contributed by atoms with Gasteiger partial charge in [-0.1, -0.05) is 12.1 Å². The third kappa shape index (κ3) is 4.24. The molecule has 1 rings (SSSR count). The van der Waals surface area contributed by atoms with E-state index in [1.807, 2.05) is 10.9 Å². The Labute approximate surface area is 141 Å². The standard InChI is InChI=1S/C14H11F7N2O3/c1-7(22-23-11(26)8-4-2-3-5-9(8)24)6-10(25)12(15,16)13(17,18)14(19,20)21/h2-6,22,24H,1H3,(H,23,26)/b7-6+. The molecule has 1 aromatic rings. The number of nitrogens with one attached hydrogen (secondary N) is 2. The molecule has 3 N–H and O–H groups in total. The second-order valence-electron chi connectivity index (χ2n) is 4.93. The van der Waals surface area contributed by atoms with Gasteiger partial charge in [0.05, 0.1) is 5.56 Å². The fraction of sp³-hybridized carbons (Fsp3) is 0.286. The first kappa shape index (κ1) is 21.3. The van der Waals surface area contributed by atoms with Gasteiger partial charge in [0.15, 0.2) is 0 Å². The highest BCUT2D eigenvalue weighted by atomic mass is 19.4. The van der Waals surface area contributed by atoms with Crippen LogP contribution in [-0.2, 0) is 4.79 Å². The van der Waals surface area contributed by atoms with Crippen LogP contribution < -0.4 is 10.9 Å². The predicted octanol–water partition coefficient (Wildman–Crippen LogP) is 2.93. The molecule has 0 spiro atoms. The van der Waals surface area contributed by atoms with E-state index in [1.165, 1.54) is 18.2 Å². The Morgan fingerprint density at radius 3 is 2.04 bits per heavy atom. The monoisotopic (exact) mass is 388 g/mol. The number of rotatable bonds is 6. The molecule has 0 aromatic heterocycles. The van der Waals surface area contributed by atoms with E-state index in [0.717, 1.165) is 13.0 Å². The number of amides is 1. The Morgan fingerprint density at radius 1 is 1.00 bits per heavy atom. The van der Waals surface area contributed by atoms with Gasteiger partial charge < -0.3 is 10.5 Å². The average molecular weight is 388 g/mol. The second-order valence-corrected chi connectivity index (χ2v) is 4.93. The summed E-state index contributed by atoms with van der Waals surface area (Å²) in [5, 5.41) is 9.42. The van der Waals surface area contributed by atoms with E-state index in [4.69, 9.17) is 0 Å². The van der Waals surface area contributed by atoms with Crippen LogP contribution in [0.25, 0.3) is 0 Å². The third-order valence-electron chi connectivity index (χ3n) is 2.93. The molecule has 0 radical (unpaired) electrons. The maximum atomic E-state index is 13.2. The molecule has 1 aromatic carbocycles. The Kier molecular flexibility index (Phi) is 5.90. The first-order chi connectivity index (χ1) is 11.7. The van der Waals surface area contributed by atoms with Crippen LogP contribution in [0, 0.1) is 0 Å². The molecule has 26 heavy (non-hydrogen) atoms. The highest BCUT2D eigenvalue weighted by Crippen LogP contribution is 2.47. The summed E-state index contributed by atoms with van der Waals surface area (Å²) in [6.45, 7) is 0.852. The molecule has 12 heteroatoms. The number of para-hydroxylation sites is 1. The van der Waals surface area contributed by atoms with Crippen molar-refractivity contribution in [3.05, 3.63) is 41.6 Å². The number of allylic oxidation sites excluding steroid dienone is 2. The normalized spacial score (nSPS) is 13.3. The number of hydrogen-bond acceptors (Lipinski definition) is 4. The molecule has 0 fully saturated rings. The number of ketones is 1. The van der Waals surface area contributed by atoms with Crippen molar-refractivity contribution >= 4 is 11.7 Å². The van der Waals surface area contributed by atoms with Crippen molar-refractivity contribution < 1.29 is 45.4 Å². The quantitative estimate of drug-likeness (QED) is 0.398. The molecular formula is C14H11F7N2O3. The van der Waals surface area contributed by atoms with Gasteiger partial charge in [0.2, 0.25) is 5.78 Å². The van der Waals surface area contributed by atoms with Crippen LogP contribution in [0.15, 0.2) is 36.0 Å². The Balaban J connectivity index is 2.85. The highest BCUT2D eigenvalue weighted by molar-refractivity contribution is 5.98. The van der Waals surface area contributed by atoms with Crippen LogP contribution in [0.4, 0.5) is 30.7 Å². The van der Waals surface area contributed by atoms with Gasteiger partial charge in [-0.25, -0.2) is 0 Å². The highest BCUT2D eigenvalue weighted by Gasteiger charge is 2.75. The summed E-state index contributed by atoms with van der Waals surface area (Å²) in [6, 6.07) is 5.10. The van der Waals surface area contributed by atoms with Crippen LogP contribution in [-0.4, -0.2) is 34.8 Å². The van der Waals surface area contributed by atoms with Crippen molar-refractivity contribution in [3.63, 3.8) is 0 Å².